The van der Waals surface area contributed by atoms with E-state index in [1.807, 2.05) is 5.43 Å². The first-order chi connectivity index (χ1) is 9.90. The summed E-state index contributed by atoms with van der Waals surface area (Å²) in [6.45, 7) is 1.62. The number of benzene rings is 1. The molecule has 0 heterocycles. The number of amidine groups is 1. The standard InChI is InChI=1S/C12H11F2N5O2/c1-2-21-12(20)6-3-7(13)10(8(14)4-6)19-18-9(5-15)11(16)17/h3-4,19H,2H2,1H3,(H3,16,17)/b18-9+. The van der Waals surface area contributed by atoms with Gasteiger partial charge in [0.2, 0.25) is 5.71 Å². The molecule has 0 aliphatic rings. The maximum absolute atomic E-state index is 13.7. The Balaban J connectivity index is 3.09. The summed E-state index contributed by atoms with van der Waals surface area (Å²) in [5.74, 6) is -3.74. The molecule has 0 aliphatic heterocycles. The molecule has 0 radical (unpaired) electrons. The van der Waals surface area contributed by atoms with Crippen LogP contribution in [0.2, 0.25) is 0 Å². The molecular weight excluding hydrogens is 284 g/mol. The maximum atomic E-state index is 13.7. The Bertz CT molecular complexity index is 629. The Morgan fingerprint density at radius 2 is 2.10 bits per heavy atom. The molecule has 1 aromatic carbocycles. The van der Waals surface area contributed by atoms with Crippen LogP contribution in [0.25, 0.3) is 0 Å². The summed E-state index contributed by atoms with van der Waals surface area (Å²) < 4.78 is 32.1. The number of rotatable bonds is 5. The fourth-order valence-corrected chi connectivity index (χ4v) is 1.27. The van der Waals surface area contributed by atoms with Crippen LogP contribution in [0.3, 0.4) is 0 Å². The maximum Gasteiger partial charge on any atom is 0.338 e. The third-order valence-electron chi connectivity index (χ3n) is 2.19. The van der Waals surface area contributed by atoms with Crippen LogP contribution < -0.4 is 11.2 Å². The normalized spacial score (nSPS) is 10.7. The number of hydrogen-bond donors (Lipinski definition) is 3. The molecule has 0 amide bonds. The summed E-state index contributed by atoms with van der Waals surface area (Å²) in [6, 6.07) is 3.00. The molecule has 7 nitrogen and oxygen atoms in total. The van der Waals surface area contributed by atoms with Gasteiger partial charge in [0.15, 0.2) is 17.5 Å². The molecule has 0 saturated heterocycles. The van der Waals surface area contributed by atoms with Gasteiger partial charge in [-0.15, -0.1) is 0 Å². The Morgan fingerprint density at radius 3 is 2.52 bits per heavy atom. The number of esters is 1. The number of nitrogens with zero attached hydrogens (tertiary/aromatic N) is 2. The topological polar surface area (TPSA) is 124 Å². The van der Waals surface area contributed by atoms with E-state index in [1.54, 1.807) is 6.92 Å². The summed E-state index contributed by atoms with van der Waals surface area (Å²) >= 11 is 0. The van der Waals surface area contributed by atoms with E-state index in [1.165, 1.54) is 6.07 Å². The highest BCUT2D eigenvalue weighted by Gasteiger charge is 2.16. The lowest BCUT2D eigenvalue weighted by atomic mass is 10.2. The predicted octanol–water partition coefficient (Wildman–Crippen LogP) is 1.37. The van der Waals surface area contributed by atoms with Crippen molar-refractivity contribution in [3.05, 3.63) is 29.3 Å². The molecule has 0 aromatic heterocycles. The van der Waals surface area contributed by atoms with E-state index in [4.69, 9.17) is 16.4 Å². The van der Waals surface area contributed by atoms with Gasteiger partial charge in [-0.25, -0.2) is 13.6 Å². The van der Waals surface area contributed by atoms with Gasteiger partial charge in [0, 0.05) is 0 Å². The highest BCUT2D eigenvalue weighted by atomic mass is 19.1. The second-order valence-corrected chi connectivity index (χ2v) is 3.63. The molecule has 0 saturated carbocycles. The van der Waals surface area contributed by atoms with Gasteiger partial charge in [-0.05, 0) is 19.1 Å². The van der Waals surface area contributed by atoms with Gasteiger partial charge in [0.1, 0.15) is 11.8 Å². The minimum absolute atomic E-state index is 0.0660. The smallest absolute Gasteiger partial charge is 0.338 e. The number of nitriles is 1. The van der Waals surface area contributed by atoms with Gasteiger partial charge in [-0.2, -0.15) is 10.4 Å². The molecule has 1 aromatic rings. The van der Waals surface area contributed by atoms with E-state index in [0.29, 0.717) is 0 Å². The average molecular weight is 295 g/mol. The molecular formula is C12H11F2N5O2. The summed E-state index contributed by atoms with van der Waals surface area (Å²) in [5, 5.41) is 18.9. The van der Waals surface area contributed by atoms with Crippen molar-refractivity contribution in [2.45, 2.75) is 6.92 Å². The van der Waals surface area contributed by atoms with E-state index in [0.717, 1.165) is 12.1 Å². The van der Waals surface area contributed by atoms with Crippen molar-refractivity contribution in [3.63, 3.8) is 0 Å². The van der Waals surface area contributed by atoms with E-state index >= 15 is 0 Å². The van der Waals surface area contributed by atoms with E-state index < -0.39 is 34.8 Å². The van der Waals surface area contributed by atoms with Crippen molar-refractivity contribution in [1.82, 2.24) is 0 Å². The molecule has 0 bridgehead atoms. The van der Waals surface area contributed by atoms with Crippen molar-refractivity contribution in [2.24, 2.45) is 10.8 Å². The first kappa shape index (κ1) is 16.0. The molecule has 4 N–H and O–H groups in total. The van der Waals surface area contributed by atoms with E-state index in [2.05, 4.69) is 9.84 Å². The zero-order chi connectivity index (χ0) is 16.0. The molecule has 0 unspecified atom stereocenters. The third kappa shape index (κ3) is 3.97. The molecule has 0 fully saturated rings. The summed E-state index contributed by atoms with van der Waals surface area (Å²) in [4.78, 5) is 11.4. The van der Waals surface area contributed by atoms with Gasteiger partial charge >= 0.3 is 5.97 Å². The number of carbonyl (C=O) groups is 1. The lowest BCUT2D eigenvalue weighted by molar-refractivity contribution is 0.0525. The van der Waals surface area contributed by atoms with Gasteiger partial charge in [-0.3, -0.25) is 10.8 Å². The summed E-state index contributed by atoms with van der Waals surface area (Å²) in [6.07, 6.45) is 0. The molecule has 110 valence electrons. The van der Waals surface area contributed by atoms with Crippen molar-refractivity contribution >= 4 is 23.2 Å². The first-order valence-electron chi connectivity index (χ1n) is 5.65. The average Bonchev–Trinajstić information content (AvgIpc) is 2.41. The largest absolute Gasteiger partial charge is 0.462 e. The van der Waals surface area contributed by atoms with Gasteiger partial charge in [0.05, 0.1) is 12.2 Å². The lowest BCUT2D eigenvalue weighted by Gasteiger charge is -2.07. The number of carbonyl (C=O) groups excluding carboxylic acids is 1. The predicted molar refractivity (Wildman–Crippen MR) is 70.9 cm³/mol. The van der Waals surface area contributed by atoms with Gasteiger partial charge in [-0.1, -0.05) is 0 Å². The number of hydrazone groups is 1. The van der Waals surface area contributed by atoms with Gasteiger partial charge < -0.3 is 10.5 Å². The Morgan fingerprint density at radius 1 is 1.52 bits per heavy atom. The third-order valence-corrected chi connectivity index (χ3v) is 2.19. The Hall–Kier alpha value is -3.02. The fourth-order valence-electron chi connectivity index (χ4n) is 1.27. The summed E-state index contributed by atoms with van der Waals surface area (Å²) in [7, 11) is 0. The Kier molecular flexibility index (Phi) is 5.31. The van der Waals surface area contributed by atoms with Crippen LogP contribution in [0.5, 0.6) is 0 Å². The van der Waals surface area contributed by atoms with Crippen LogP contribution >= 0.6 is 0 Å². The number of hydrogen-bond acceptors (Lipinski definition) is 6. The quantitative estimate of drug-likeness (QED) is 0.327. The van der Waals surface area contributed by atoms with Crippen LogP contribution in [0.1, 0.15) is 17.3 Å². The minimum Gasteiger partial charge on any atom is -0.462 e. The monoisotopic (exact) mass is 295 g/mol. The number of nitrogens with two attached hydrogens (primary N) is 1. The second kappa shape index (κ2) is 6.95. The SMILES string of the molecule is CCOC(=O)c1cc(F)c(N/N=C(\C#N)C(=N)N)c(F)c1. The molecule has 1 rings (SSSR count). The first-order valence-corrected chi connectivity index (χ1v) is 5.65. The number of halogens is 2. The minimum atomic E-state index is -1.11. The van der Waals surface area contributed by atoms with Crippen LogP contribution in [0, 0.1) is 28.4 Å². The van der Waals surface area contributed by atoms with Crippen LogP contribution in [0.4, 0.5) is 14.5 Å². The van der Waals surface area contributed by atoms with Gasteiger partial charge in [0.25, 0.3) is 0 Å². The van der Waals surface area contributed by atoms with Crippen molar-refractivity contribution in [3.8, 4) is 6.07 Å². The zero-order valence-corrected chi connectivity index (χ0v) is 10.9. The zero-order valence-electron chi connectivity index (χ0n) is 10.9. The molecule has 0 spiro atoms. The van der Waals surface area contributed by atoms with Crippen molar-refractivity contribution in [1.29, 1.82) is 10.7 Å². The number of nitrogens with one attached hydrogen (secondary N) is 2. The van der Waals surface area contributed by atoms with Crippen LogP contribution in [0.15, 0.2) is 17.2 Å². The number of anilines is 1. The highest BCUT2D eigenvalue weighted by Crippen LogP contribution is 2.21. The van der Waals surface area contributed by atoms with E-state index in [-0.39, 0.29) is 12.2 Å². The molecule has 21 heavy (non-hydrogen) atoms. The van der Waals surface area contributed by atoms with Crippen LogP contribution in [-0.4, -0.2) is 24.1 Å². The molecule has 0 aliphatic carbocycles. The fraction of sp³-hybridized carbons (Fsp3) is 0.167. The summed E-state index contributed by atoms with van der Waals surface area (Å²) in [5.41, 5.74) is 5.46. The van der Waals surface area contributed by atoms with Crippen molar-refractivity contribution < 1.29 is 18.3 Å². The lowest BCUT2D eigenvalue weighted by Crippen LogP contribution is -2.22. The van der Waals surface area contributed by atoms with E-state index in [9.17, 15) is 13.6 Å². The molecule has 9 heteroatoms. The molecule has 0 atom stereocenters. The second-order valence-electron chi connectivity index (χ2n) is 3.63. The van der Waals surface area contributed by atoms with Crippen molar-refractivity contribution in [2.75, 3.05) is 12.0 Å². The van der Waals surface area contributed by atoms with Crippen LogP contribution in [-0.2, 0) is 4.74 Å². The Labute approximate surface area is 118 Å². The number of ether oxygens (including phenoxy) is 1. The highest BCUT2D eigenvalue weighted by molar-refractivity contribution is 6.45.